The lowest BCUT2D eigenvalue weighted by Crippen LogP contribution is -2.13. The standard InChI is InChI=1S/2C17H12N4O.2C17H11N3OS.2C17H12N2O3S/c18-12-13-3-1-4-14(11-13)17(22)21-10-8-16(20-21)7-6-15-5-2-9-19-15;18-11-14-2-1-3-15(10-14)17(22)21-9-7-16(20-21)5-4-13-6-8-19-12-13;18-12-13-3-1-4-14(11-13)17(21)20-9-8-15(19-20)6-7-16-5-2-10-22-16;18-12-13-3-5-14(6-4-13)17(21)20-10-9-15(19-20)7-8-16-2-1-11-22-16;20-17(12-3-6-15-16(10-12)22-11-21-15)19-8-7-13(18-19)4-5-14-2-1-9-23-14;20-16(12-3-5-13(6-4-12)17(21)22)19-10-9-14(18-19)7-8-15-2-1-11-23-15/h1-11,19H;1-10,12,19H;2*1-11H;1-10H,11H2;1-11H,(H,21,22)/b7-6+;5-4+;7-6+;8-7+;5-4+;8-7+. The largest absolute Gasteiger partial charge is 0.478 e. The Labute approximate surface area is 780 Å². The molecule has 0 bridgehead atoms. The molecule has 28 nitrogen and oxygen atoms in total. The van der Waals surface area contributed by atoms with Crippen molar-refractivity contribution in [2.75, 3.05) is 6.79 Å². The molecule has 19 rings (SSSR count). The van der Waals surface area contributed by atoms with E-state index in [4.69, 9.17) is 35.6 Å². The summed E-state index contributed by atoms with van der Waals surface area (Å²) in [7, 11) is 0. The number of aromatic nitrogens is 14. The maximum Gasteiger partial charge on any atom is 0.335 e. The average molecular weight is 1840 g/mol. The highest BCUT2D eigenvalue weighted by molar-refractivity contribution is 7.11. The molecule has 12 aromatic heterocycles. The number of hydrogen-bond acceptors (Lipinski definition) is 23. The maximum absolute atomic E-state index is 12.5. The minimum absolute atomic E-state index is 0.140. The van der Waals surface area contributed by atoms with E-state index < -0.39 is 5.97 Å². The summed E-state index contributed by atoms with van der Waals surface area (Å²) in [6, 6.07) is 77.5. The summed E-state index contributed by atoms with van der Waals surface area (Å²) in [5.74, 6) is -1.31. The molecule has 0 fully saturated rings. The fraction of sp³-hybridized carbons (Fsp3) is 0.00980. The normalized spacial score (nSPS) is 11.1. The molecule has 0 unspecified atom stereocenters. The fourth-order valence-corrected chi connectivity index (χ4v) is 14.6. The number of benzene rings is 6. The molecule has 1 aliphatic heterocycles. The number of rotatable bonds is 19. The van der Waals surface area contributed by atoms with Crippen molar-refractivity contribution in [1.82, 2.24) is 68.7 Å². The van der Waals surface area contributed by atoms with Crippen molar-refractivity contribution < 1.29 is 48.1 Å². The van der Waals surface area contributed by atoms with Gasteiger partial charge in [0.2, 0.25) is 6.79 Å². The van der Waals surface area contributed by atoms with Crippen molar-refractivity contribution in [2.24, 2.45) is 0 Å². The van der Waals surface area contributed by atoms with E-state index in [1.165, 1.54) is 52.4 Å². The molecule has 6 aromatic carbocycles. The molecule has 1 aliphatic rings. The number of aromatic amines is 2. The van der Waals surface area contributed by atoms with E-state index in [-0.39, 0.29) is 47.8 Å². The number of nitrogens with one attached hydrogen (secondary N) is 2. The minimum atomic E-state index is -1.02. The van der Waals surface area contributed by atoms with E-state index in [0.29, 0.717) is 89.9 Å². The van der Waals surface area contributed by atoms with E-state index in [1.807, 2.05) is 204 Å². The first-order valence-electron chi connectivity index (χ1n) is 40.3. The van der Waals surface area contributed by atoms with Crippen LogP contribution in [-0.2, 0) is 0 Å². The molecule has 3 N–H and O–H groups in total. The molecule has 32 heteroatoms. The summed E-state index contributed by atoms with van der Waals surface area (Å²) in [4.78, 5) is 95.4. The third-order valence-electron chi connectivity index (χ3n) is 18.9. The van der Waals surface area contributed by atoms with Gasteiger partial charge in [-0.15, -0.1) is 45.3 Å². The van der Waals surface area contributed by atoms with Crippen LogP contribution in [-0.4, -0.2) is 122 Å². The zero-order valence-electron chi connectivity index (χ0n) is 70.1. The molecule has 13 heterocycles. The third-order valence-corrected chi connectivity index (χ3v) is 22.2. The van der Waals surface area contributed by atoms with E-state index in [2.05, 4.69) is 40.6 Å². The highest BCUT2D eigenvalue weighted by atomic mass is 32.1. The number of fused-ring (bicyclic) bond motifs is 1. The third kappa shape index (κ3) is 25.6. The SMILES string of the molecule is N#Cc1ccc(C(=O)n2ccc(/C=C/c3cccs3)n2)cc1.N#Cc1cccc(C(=O)n2ccc(/C=C/c3cc[nH]c3)n2)c1.N#Cc1cccc(C(=O)n2ccc(/C=C/c3ccc[nH]3)n2)c1.N#Cc1cccc(C(=O)n2ccc(/C=C/c3cccs3)n2)c1.O=C(O)c1ccc(C(=O)n2ccc(/C=C/c3cccs3)n2)cc1.O=C(c1ccc2c(c1)OCO2)n1ccc(/C=C/c2cccs2)n1. The van der Waals surface area contributed by atoms with Crippen LogP contribution in [0.3, 0.4) is 0 Å². The molecule has 0 spiro atoms. The lowest BCUT2D eigenvalue weighted by molar-refractivity contribution is 0.0694. The Kier molecular flexibility index (Phi) is 31.3. The number of carboxylic acids is 1. The van der Waals surface area contributed by atoms with Crippen LogP contribution in [0.15, 0.2) is 320 Å². The van der Waals surface area contributed by atoms with Crippen molar-refractivity contribution in [3.63, 3.8) is 0 Å². The van der Waals surface area contributed by atoms with Gasteiger partial charge >= 0.3 is 5.97 Å². The predicted octanol–water partition coefficient (Wildman–Crippen LogP) is 20.3. The molecule has 0 aliphatic carbocycles. The highest BCUT2D eigenvalue weighted by Gasteiger charge is 2.20. The van der Waals surface area contributed by atoms with Crippen molar-refractivity contribution in [1.29, 1.82) is 21.0 Å². The molecule has 0 radical (unpaired) electrons. The number of carboxylic acid groups (broad SMARTS) is 1. The number of thiophene rings is 4. The quantitative estimate of drug-likeness (QED) is 0.0677. The lowest BCUT2D eigenvalue weighted by atomic mass is 10.1. The van der Waals surface area contributed by atoms with Crippen molar-refractivity contribution in [3.05, 3.63) is 446 Å². The van der Waals surface area contributed by atoms with Crippen LogP contribution in [0.5, 0.6) is 11.5 Å². The molecule has 0 saturated carbocycles. The molecular weight excluding hydrogens is 1770 g/mol. The summed E-state index contributed by atoms with van der Waals surface area (Å²) in [6.07, 6.45) is 38.0. The monoisotopic (exact) mass is 1830 g/mol. The Morgan fingerprint density at radius 2 is 0.642 bits per heavy atom. The van der Waals surface area contributed by atoms with Crippen LogP contribution in [0, 0.1) is 45.3 Å². The zero-order valence-corrected chi connectivity index (χ0v) is 73.4. The van der Waals surface area contributed by atoms with Gasteiger partial charge in [-0.25, -0.2) is 32.9 Å². The van der Waals surface area contributed by atoms with Crippen molar-refractivity contribution in [3.8, 4) is 35.8 Å². The highest BCUT2D eigenvalue weighted by Crippen LogP contribution is 2.33. The number of hydrogen-bond donors (Lipinski definition) is 3. The van der Waals surface area contributed by atoms with Gasteiger partial charge in [-0.2, -0.15) is 51.6 Å². The molecule has 0 atom stereocenters. The number of nitriles is 4. The maximum atomic E-state index is 12.5. The lowest BCUT2D eigenvalue weighted by Gasteiger charge is -2.02. The first-order chi connectivity index (χ1) is 65.5. The van der Waals surface area contributed by atoms with Gasteiger partial charge in [-0.05, 0) is 294 Å². The summed E-state index contributed by atoms with van der Waals surface area (Å²) in [6.45, 7) is 0.187. The molecular formula is C102H70N18O10S4. The number of aromatic carboxylic acids is 1. The number of carbonyl (C=O) groups is 7. The van der Waals surface area contributed by atoms with Gasteiger partial charge in [-0.1, -0.05) is 48.5 Å². The summed E-state index contributed by atoms with van der Waals surface area (Å²) >= 11 is 6.55. The van der Waals surface area contributed by atoms with Gasteiger partial charge in [0.1, 0.15) is 0 Å². The van der Waals surface area contributed by atoms with Crippen LogP contribution in [0.1, 0.15) is 160 Å². The summed E-state index contributed by atoms with van der Waals surface area (Å²) in [5, 5.41) is 77.7. The number of carbonyl (C=O) groups excluding carboxylic acids is 6. The smallest absolute Gasteiger partial charge is 0.335 e. The summed E-state index contributed by atoms with van der Waals surface area (Å²) in [5.41, 5.74) is 10.9. The van der Waals surface area contributed by atoms with E-state index in [9.17, 15) is 33.6 Å². The molecule has 18 aromatic rings. The topological polar surface area (TPSA) is 392 Å². The molecule has 134 heavy (non-hydrogen) atoms. The Morgan fingerprint density at radius 3 is 0.970 bits per heavy atom. The Morgan fingerprint density at radius 1 is 0.313 bits per heavy atom. The van der Waals surface area contributed by atoms with Crippen LogP contribution in [0.2, 0.25) is 0 Å². The molecule has 652 valence electrons. The first kappa shape index (κ1) is 91.6. The van der Waals surface area contributed by atoms with Gasteiger partial charge in [0.25, 0.3) is 35.4 Å². The van der Waals surface area contributed by atoms with Crippen molar-refractivity contribution >= 4 is 160 Å². The van der Waals surface area contributed by atoms with Gasteiger partial charge in [-0.3, -0.25) is 28.8 Å². The Bertz CT molecular complexity index is 7150. The Hall–Kier alpha value is -18.6. The number of nitrogens with zero attached hydrogens (tertiary/aromatic N) is 16. The van der Waals surface area contributed by atoms with Gasteiger partial charge in [0.05, 0.1) is 86.3 Å². The van der Waals surface area contributed by atoms with Crippen LogP contribution >= 0.6 is 45.3 Å². The van der Waals surface area contributed by atoms with Crippen molar-refractivity contribution in [2.45, 2.75) is 0 Å². The van der Waals surface area contributed by atoms with Crippen LogP contribution < -0.4 is 9.47 Å². The molecule has 0 saturated heterocycles. The van der Waals surface area contributed by atoms with E-state index in [1.54, 1.807) is 234 Å². The predicted molar refractivity (Wildman–Crippen MR) is 515 cm³/mol. The van der Waals surface area contributed by atoms with Gasteiger partial charge in [0, 0.05) is 114 Å². The van der Waals surface area contributed by atoms with Gasteiger partial charge < -0.3 is 24.5 Å². The second-order valence-electron chi connectivity index (χ2n) is 28.0. The van der Waals surface area contributed by atoms with Crippen LogP contribution in [0.4, 0.5) is 0 Å². The van der Waals surface area contributed by atoms with E-state index in [0.717, 1.165) is 42.2 Å². The van der Waals surface area contributed by atoms with Gasteiger partial charge in [0.15, 0.2) is 11.5 Å². The Balaban J connectivity index is 0.000000129. The number of H-pyrrole nitrogens is 2. The second kappa shape index (κ2) is 45.7. The summed E-state index contributed by atoms with van der Waals surface area (Å²) < 4.78 is 18.2. The first-order valence-corrected chi connectivity index (χ1v) is 43.8. The zero-order chi connectivity index (χ0) is 93.3. The average Bonchev–Trinajstić information content (AvgIpc) is 1.69. The molecule has 0 amide bonds. The number of ether oxygens (including phenoxy) is 2. The van der Waals surface area contributed by atoms with E-state index >= 15 is 0 Å². The second-order valence-corrected chi connectivity index (χ2v) is 31.9. The van der Waals surface area contributed by atoms with Crippen LogP contribution in [0.25, 0.3) is 72.9 Å². The fourth-order valence-electron chi connectivity index (χ4n) is 12.1. The minimum Gasteiger partial charge on any atom is -0.478 e.